The molecule has 15 heteroatoms. The van der Waals surface area contributed by atoms with Crippen molar-refractivity contribution in [2.75, 3.05) is 27.2 Å². The molecule has 0 aliphatic heterocycles. The smallest absolute Gasteiger partial charge is 0.200 e. The van der Waals surface area contributed by atoms with Crippen molar-refractivity contribution >= 4 is 0 Å². The highest BCUT2D eigenvalue weighted by Crippen LogP contribution is 2.41. The maximum atomic E-state index is 14.5. The Bertz CT molecular complexity index is 1660. The zero-order valence-electron chi connectivity index (χ0n) is 24.1. The molecule has 2 N–H and O–H groups in total. The van der Waals surface area contributed by atoms with Gasteiger partial charge < -0.3 is 20.0 Å². The second-order valence-corrected chi connectivity index (χ2v) is 10.6. The van der Waals surface area contributed by atoms with Crippen molar-refractivity contribution in [3.05, 3.63) is 105 Å². The summed E-state index contributed by atoms with van der Waals surface area (Å²) in [5.74, 6) is -25.3. The zero-order valence-corrected chi connectivity index (χ0v) is 24.1. The van der Waals surface area contributed by atoms with Gasteiger partial charge in [-0.15, -0.1) is 0 Å². The predicted octanol–water partition coefficient (Wildman–Crippen LogP) is 7.83. The number of halogens is 11. The molecule has 0 spiro atoms. The lowest BCUT2D eigenvalue weighted by atomic mass is 9.97. The van der Waals surface area contributed by atoms with Gasteiger partial charge >= 0.3 is 0 Å². The molecule has 4 aromatic rings. The highest BCUT2D eigenvalue weighted by Gasteiger charge is 2.30. The van der Waals surface area contributed by atoms with Gasteiger partial charge in [-0.1, -0.05) is 6.07 Å². The lowest BCUT2D eigenvalue weighted by molar-refractivity contribution is 0.243. The summed E-state index contributed by atoms with van der Waals surface area (Å²) in [7, 11) is 3.04. The third-order valence-corrected chi connectivity index (χ3v) is 7.19. The van der Waals surface area contributed by atoms with E-state index in [4.69, 9.17) is 0 Å². The first-order chi connectivity index (χ1) is 21.5. The molecule has 0 heterocycles. The molecule has 0 saturated heterocycles. The molecule has 0 aliphatic carbocycles. The van der Waals surface area contributed by atoms with Crippen LogP contribution in [-0.4, -0.2) is 47.2 Å². The normalized spacial score (nSPS) is 11.7. The van der Waals surface area contributed by atoms with E-state index in [9.17, 15) is 58.5 Å². The average molecular weight is 665 g/mol. The van der Waals surface area contributed by atoms with Crippen LogP contribution in [0.4, 0.5) is 48.3 Å². The summed E-state index contributed by atoms with van der Waals surface area (Å²) in [6.07, 6.45) is 0. The molecule has 0 fully saturated rings. The number of phenols is 2. The van der Waals surface area contributed by atoms with E-state index in [0.717, 1.165) is 12.1 Å². The molecule has 0 bridgehead atoms. The number of likely N-dealkylation sites (N-methyl/N-ethyl adjacent to an activating group) is 2. The standard InChI is InChI=1S/C31H23F11N2O2/c1-12-6-13(30(45)16(7-12)18-20(33)24(37)28(41)25(38)21(18)34)10-43(2)4-5-44(3)11-14-8-15(32)9-17(31(14)46)19-22(35)26(39)29(42)27(40)23(19)36/h6-9,45-46H,4-5,10-11H2,1-3H3. The topological polar surface area (TPSA) is 46.9 Å². The summed E-state index contributed by atoms with van der Waals surface area (Å²) in [5, 5.41) is 21.4. The summed E-state index contributed by atoms with van der Waals surface area (Å²) < 4.78 is 154. The summed E-state index contributed by atoms with van der Waals surface area (Å²) >= 11 is 0. The fourth-order valence-electron chi connectivity index (χ4n) is 4.90. The molecule has 246 valence electrons. The van der Waals surface area contributed by atoms with Gasteiger partial charge in [0.1, 0.15) is 17.3 Å². The van der Waals surface area contributed by atoms with Crippen molar-refractivity contribution in [1.82, 2.24) is 9.80 Å². The first kappa shape index (κ1) is 34.5. The minimum Gasteiger partial charge on any atom is -0.507 e. The minimum absolute atomic E-state index is 0.0688. The van der Waals surface area contributed by atoms with Crippen molar-refractivity contribution in [1.29, 1.82) is 0 Å². The van der Waals surface area contributed by atoms with Gasteiger partial charge in [0.25, 0.3) is 0 Å². The fraction of sp³-hybridized carbons (Fsp3) is 0.226. The Labute approximate surface area is 254 Å². The van der Waals surface area contributed by atoms with Crippen LogP contribution in [0.2, 0.25) is 0 Å². The number of phenolic OH excluding ortho intramolecular Hbond substituents is 2. The highest BCUT2D eigenvalue weighted by molar-refractivity contribution is 5.74. The number of hydrogen-bond acceptors (Lipinski definition) is 4. The van der Waals surface area contributed by atoms with E-state index in [2.05, 4.69) is 0 Å². The third-order valence-electron chi connectivity index (χ3n) is 7.19. The second kappa shape index (κ2) is 13.2. The lowest BCUT2D eigenvalue weighted by Crippen LogP contribution is -2.30. The summed E-state index contributed by atoms with van der Waals surface area (Å²) in [6, 6.07) is 3.70. The lowest BCUT2D eigenvalue weighted by Gasteiger charge is -2.24. The van der Waals surface area contributed by atoms with Gasteiger partial charge in [-0.2, -0.15) is 0 Å². The summed E-state index contributed by atoms with van der Waals surface area (Å²) in [5.41, 5.74) is -4.27. The Morgan fingerprint density at radius 2 is 0.804 bits per heavy atom. The van der Waals surface area contributed by atoms with E-state index in [0.29, 0.717) is 11.6 Å². The van der Waals surface area contributed by atoms with Crippen LogP contribution in [0, 0.1) is 70.9 Å². The number of hydrogen-bond donors (Lipinski definition) is 2. The monoisotopic (exact) mass is 664 g/mol. The molecule has 0 aliphatic rings. The Morgan fingerprint density at radius 3 is 1.20 bits per heavy atom. The number of rotatable bonds is 9. The second-order valence-electron chi connectivity index (χ2n) is 10.6. The van der Waals surface area contributed by atoms with Crippen molar-refractivity contribution in [3.8, 4) is 33.8 Å². The molecule has 0 unspecified atom stereocenters. The van der Waals surface area contributed by atoms with Crippen LogP contribution in [0.3, 0.4) is 0 Å². The van der Waals surface area contributed by atoms with Crippen molar-refractivity contribution in [3.63, 3.8) is 0 Å². The SMILES string of the molecule is Cc1cc(CN(C)CCN(C)Cc2cc(F)cc(-c3c(F)c(F)c(F)c(F)c3F)c2O)c(O)c(-c2c(F)c(F)c(F)c(F)c2F)c1. The van der Waals surface area contributed by atoms with Crippen molar-refractivity contribution in [2.24, 2.45) is 0 Å². The van der Waals surface area contributed by atoms with Gasteiger partial charge in [-0.25, -0.2) is 48.3 Å². The Hall–Kier alpha value is -4.37. The minimum atomic E-state index is -2.42. The van der Waals surface area contributed by atoms with Gasteiger partial charge in [0.05, 0.1) is 11.1 Å². The largest absolute Gasteiger partial charge is 0.507 e. The van der Waals surface area contributed by atoms with Crippen LogP contribution >= 0.6 is 0 Å². The molecule has 0 aromatic heterocycles. The average Bonchev–Trinajstić information content (AvgIpc) is 3.00. The van der Waals surface area contributed by atoms with Gasteiger partial charge in [0.2, 0.25) is 11.6 Å². The Balaban J connectivity index is 1.53. The van der Waals surface area contributed by atoms with E-state index in [1.54, 1.807) is 11.9 Å². The van der Waals surface area contributed by atoms with E-state index in [1.807, 2.05) is 0 Å². The molecule has 0 atom stereocenters. The number of nitrogens with zero attached hydrogens (tertiary/aromatic N) is 2. The third kappa shape index (κ3) is 6.33. The Kier molecular flexibility index (Phi) is 9.87. The molecule has 4 aromatic carbocycles. The van der Waals surface area contributed by atoms with E-state index < -0.39 is 97.7 Å². The first-order valence-electron chi connectivity index (χ1n) is 13.2. The van der Waals surface area contributed by atoms with Gasteiger partial charge in [0, 0.05) is 48.4 Å². The summed E-state index contributed by atoms with van der Waals surface area (Å²) in [4.78, 5) is 3.07. The van der Waals surface area contributed by atoms with Gasteiger partial charge in [-0.3, -0.25) is 0 Å². The van der Waals surface area contributed by atoms with Crippen molar-refractivity contribution in [2.45, 2.75) is 20.0 Å². The number of aryl methyl sites for hydroxylation is 1. The van der Waals surface area contributed by atoms with Gasteiger partial charge in [0.15, 0.2) is 46.5 Å². The number of benzene rings is 4. The molecule has 0 radical (unpaired) electrons. The van der Waals surface area contributed by atoms with Crippen LogP contribution in [-0.2, 0) is 13.1 Å². The van der Waals surface area contributed by atoms with Crippen molar-refractivity contribution < 1.29 is 58.5 Å². The maximum absolute atomic E-state index is 14.5. The maximum Gasteiger partial charge on any atom is 0.200 e. The molecule has 4 nitrogen and oxygen atoms in total. The molecule has 46 heavy (non-hydrogen) atoms. The van der Waals surface area contributed by atoms with Crippen LogP contribution in [0.5, 0.6) is 11.5 Å². The summed E-state index contributed by atoms with van der Waals surface area (Å²) in [6.45, 7) is 1.38. The molecule has 4 rings (SSSR count). The molecule has 0 saturated carbocycles. The highest BCUT2D eigenvalue weighted by atomic mass is 19.2. The zero-order chi connectivity index (χ0) is 34.4. The van der Waals surface area contributed by atoms with Crippen LogP contribution in [0.25, 0.3) is 22.3 Å². The van der Waals surface area contributed by atoms with E-state index in [1.165, 1.54) is 24.9 Å². The molecular weight excluding hydrogens is 641 g/mol. The van der Waals surface area contributed by atoms with Crippen LogP contribution in [0.1, 0.15) is 16.7 Å². The van der Waals surface area contributed by atoms with E-state index >= 15 is 0 Å². The van der Waals surface area contributed by atoms with Crippen LogP contribution < -0.4 is 0 Å². The quantitative estimate of drug-likeness (QED) is 0.109. The Morgan fingerprint density at radius 1 is 0.478 bits per heavy atom. The van der Waals surface area contributed by atoms with Crippen LogP contribution in [0.15, 0.2) is 24.3 Å². The predicted molar refractivity (Wildman–Crippen MR) is 144 cm³/mol. The first-order valence-corrected chi connectivity index (χ1v) is 13.2. The van der Waals surface area contributed by atoms with E-state index in [-0.39, 0.29) is 37.3 Å². The molecular formula is C31H23F11N2O2. The fourth-order valence-corrected chi connectivity index (χ4v) is 4.90. The molecule has 0 amide bonds. The van der Waals surface area contributed by atoms with Gasteiger partial charge in [-0.05, 0) is 44.8 Å². The number of aromatic hydroxyl groups is 2.